The van der Waals surface area contributed by atoms with Gasteiger partial charge in [-0.2, -0.15) is 0 Å². The number of nitrogens with zero attached hydrogens (tertiary/aromatic N) is 1. The molecule has 1 amide bonds. The van der Waals surface area contributed by atoms with Crippen LogP contribution in [0.1, 0.15) is 12.8 Å². The lowest BCUT2D eigenvalue weighted by Crippen LogP contribution is -2.46. The lowest BCUT2D eigenvalue weighted by molar-refractivity contribution is -0.135. The van der Waals surface area contributed by atoms with Crippen LogP contribution in [0.4, 0.5) is 0 Å². The fourth-order valence-corrected chi connectivity index (χ4v) is 2.34. The van der Waals surface area contributed by atoms with E-state index < -0.39 is 0 Å². The van der Waals surface area contributed by atoms with Gasteiger partial charge < -0.3 is 24.4 Å². The molecule has 0 aliphatic carbocycles. The predicted octanol–water partition coefficient (Wildman–Crippen LogP) is -0.370. The van der Waals surface area contributed by atoms with Gasteiger partial charge in [-0.15, -0.1) is 0 Å². The number of carbonyl (C=O) groups is 1. The van der Waals surface area contributed by atoms with E-state index in [2.05, 4.69) is 5.32 Å². The molecule has 0 aromatic rings. The first-order valence-corrected chi connectivity index (χ1v) is 7.13. The minimum atomic E-state index is -0.0174. The molecule has 0 spiro atoms. The highest BCUT2D eigenvalue weighted by molar-refractivity contribution is 5.82. The van der Waals surface area contributed by atoms with E-state index in [1.807, 2.05) is 4.90 Å². The number of hydrogen-bond donors (Lipinski definition) is 1. The van der Waals surface area contributed by atoms with Crippen molar-refractivity contribution in [2.24, 2.45) is 0 Å². The summed E-state index contributed by atoms with van der Waals surface area (Å²) in [5, 5.41) is 3.25. The summed E-state index contributed by atoms with van der Waals surface area (Å²) >= 11 is 0. The molecule has 0 aromatic carbocycles. The maximum atomic E-state index is 12.3. The van der Waals surface area contributed by atoms with Crippen molar-refractivity contribution in [3.05, 3.63) is 0 Å². The third-order valence-electron chi connectivity index (χ3n) is 3.43. The Bertz CT molecular complexity index is 257. The molecule has 0 radical (unpaired) electrons. The van der Waals surface area contributed by atoms with E-state index in [1.54, 1.807) is 0 Å². The van der Waals surface area contributed by atoms with Crippen molar-refractivity contribution in [1.82, 2.24) is 10.2 Å². The van der Waals surface area contributed by atoms with Gasteiger partial charge in [-0.25, -0.2) is 0 Å². The Labute approximate surface area is 114 Å². The predicted molar refractivity (Wildman–Crippen MR) is 70.1 cm³/mol. The SMILES string of the molecule is O=C(C1CCCN1)N1CCOCCOCCOCC1. The van der Waals surface area contributed by atoms with Crippen LogP contribution in [0.15, 0.2) is 0 Å². The molecular formula is C13H24N2O4. The Morgan fingerprint density at radius 1 is 0.947 bits per heavy atom. The van der Waals surface area contributed by atoms with Crippen molar-refractivity contribution in [1.29, 1.82) is 0 Å². The van der Waals surface area contributed by atoms with Gasteiger partial charge in [-0.3, -0.25) is 4.79 Å². The Balaban J connectivity index is 1.81. The number of carbonyl (C=O) groups excluding carboxylic acids is 1. The number of hydrogen-bond acceptors (Lipinski definition) is 5. The smallest absolute Gasteiger partial charge is 0.239 e. The van der Waals surface area contributed by atoms with Gasteiger partial charge in [-0.1, -0.05) is 0 Å². The highest BCUT2D eigenvalue weighted by atomic mass is 16.5. The molecule has 19 heavy (non-hydrogen) atoms. The number of rotatable bonds is 1. The number of nitrogens with one attached hydrogen (secondary N) is 1. The summed E-state index contributed by atoms with van der Waals surface area (Å²) in [6.45, 7) is 5.62. The van der Waals surface area contributed by atoms with Crippen molar-refractivity contribution in [2.75, 3.05) is 59.3 Å². The molecule has 0 bridgehead atoms. The van der Waals surface area contributed by atoms with Gasteiger partial charge in [0.2, 0.25) is 5.91 Å². The zero-order valence-electron chi connectivity index (χ0n) is 11.4. The van der Waals surface area contributed by atoms with Gasteiger partial charge in [0.1, 0.15) is 0 Å². The number of ether oxygens (including phenoxy) is 3. The van der Waals surface area contributed by atoms with Crippen LogP contribution in [0.3, 0.4) is 0 Å². The van der Waals surface area contributed by atoms with E-state index in [1.165, 1.54) is 0 Å². The van der Waals surface area contributed by atoms with Crippen LogP contribution in [0.5, 0.6) is 0 Å². The zero-order chi connectivity index (χ0) is 13.3. The standard InChI is InChI=1S/C13H24N2O4/c16-13(12-2-1-3-14-12)15-4-6-17-8-10-19-11-9-18-7-5-15/h12,14H,1-11H2. The first-order valence-electron chi connectivity index (χ1n) is 7.13. The van der Waals surface area contributed by atoms with Crippen LogP contribution < -0.4 is 5.32 Å². The molecule has 2 saturated heterocycles. The lowest BCUT2D eigenvalue weighted by atomic mass is 10.2. The van der Waals surface area contributed by atoms with E-state index in [0.29, 0.717) is 52.7 Å². The number of amides is 1. The fourth-order valence-electron chi connectivity index (χ4n) is 2.34. The van der Waals surface area contributed by atoms with Crippen molar-refractivity contribution in [3.8, 4) is 0 Å². The van der Waals surface area contributed by atoms with E-state index in [0.717, 1.165) is 19.4 Å². The molecule has 0 saturated carbocycles. The molecule has 2 heterocycles. The molecular weight excluding hydrogens is 248 g/mol. The third kappa shape index (κ3) is 5.06. The first-order chi connectivity index (χ1) is 9.38. The molecule has 2 aliphatic rings. The molecule has 1 atom stereocenters. The average molecular weight is 272 g/mol. The second kappa shape index (κ2) is 8.47. The van der Waals surface area contributed by atoms with E-state index in [4.69, 9.17) is 14.2 Å². The molecule has 2 fully saturated rings. The summed E-state index contributed by atoms with van der Waals surface area (Å²) in [7, 11) is 0. The van der Waals surface area contributed by atoms with Gasteiger partial charge in [-0.05, 0) is 19.4 Å². The summed E-state index contributed by atoms with van der Waals surface area (Å²) in [6, 6.07) is -0.0174. The summed E-state index contributed by atoms with van der Waals surface area (Å²) in [6.07, 6.45) is 2.01. The monoisotopic (exact) mass is 272 g/mol. The molecule has 2 aliphatic heterocycles. The minimum absolute atomic E-state index is 0.0174. The van der Waals surface area contributed by atoms with E-state index in [9.17, 15) is 4.79 Å². The summed E-state index contributed by atoms with van der Waals surface area (Å²) < 4.78 is 16.3. The van der Waals surface area contributed by atoms with Gasteiger partial charge in [0.25, 0.3) is 0 Å². The Hall–Kier alpha value is -0.690. The third-order valence-corrected chi connectivity index (χ3v) is 3.43. The Morgan fingerprint density at radius 2 is 1.53 bits per heavy atom. The quantitative estimate of drug-likeness (QED) is 0.706. The van der Waals surface area contributed by atoms with Crippen LogP contribution in [0.25, 0.3) is 0 Å². The minimum Gasteiger partial charge on any atom is -0.377 e. The van der Waals surface area contributed by atoms with Crippen molar-refractivity contribution < 1.29 is 19.0 Å². The largest absolute Gasteiger partial charge is 0.377 e. The van der Waals surface area contributed by atoms with Gasteiger partial charge >= 0.3 is 0 Å². The summed E-state index contributed by atoms with van der Waals surface area (Å²) in [5.41, 5.74) is 0. The van der Waals surface area contributed by atoms with E-state index in [-0.39, 0.29) is 11.9 Å². The van der Waals surface area contributed by atoms with Crippen LogP contribution in [-0.2, 0) is 19.0 Å². The maximum Gasteiger partial charge on any atom is 0.239 e. The van der Waals surface area contributed by atoms with Crippen LogP contribution >= 0.6 is 0 Å². The van der Waals surface area contributed by atoms with Crippen LogP contribution in [0, 0.1) is 0 Å². The highest BCUT2D eigenvalue weighted by Gasteiger charge is 2.26. The Morgan fingerprint density at radius 3 is 2.05 bits per heavy atom. The molecule has 1 unspecified atom stereocenters. The second-order valence-corrected chi connectivity index (χ2v) is 4.81. The van der Waals surface area contributed by atoms with Gasteiger partial charge in [0.15, 0.2) is 0 Å². The second-order valence-electron chi connectivity index (χ2n) is 4.81. The van der Waals surface area contributed by atoms with Crippen LogP contribution in [-0.4, -0.2) is 76.1 Å². The van der Waals surface area contributed by atoms with Crippen molar-refractivity contribution in [3.63, 3.8) is 0 Å². The van der Waals surface area contributed by atoms with Crippen LogP contribution in [0.2, 0.25) is 0 Å². The molecule has 6 nitrogen and oxygen atoms in total. The van der Waals surface area contributed by atoms with Crippen molar-refractivity contribution in [2.45, 2.75) is 18.9 Å². The normalized spacial score (nSPS) is 27.6. The van der Waals surface area contributed by atoms with Crippen molar-refractivity contribution >= 4 is 5.91 Å². The summed E-state index contributed by atoms with van der Waals surface area (Å²) in [4.78, 5) is 14.2. The molecule has 2 rings (SSSR count). The van der Waals surface area contributed by atoms with Gasteiger partial charge in [0, 0.05) is 13.1 Å². The topological polar surface area (TPSA) is 60.0 Å². The van der Waals surface area contributed by atoms with Gasteiger partial charge in [0.05, 0.1) is 45.7 Å². The molecule has 110 valence electrons. The highest BCUT2D eigenvalue weighted by Crippen LogP contribution is 2.08. The average Bonchev–Trinajstić information content (AvgIpc) is 2.92. The first kappa shape index (κ1) is 14.7. The molecule has 1 N–H and O–H groups in total. The lowest BCUT2D eigenvalue weighted by Gasteiger charge is -2.26. The molecule has 6 heteroatoms. The fraction of sp³-hybridized carbons (Fsp3) is 0.923. The summed E-state index contributed by atoms with van der Waals surface area (Å²) in [5.74, 6) is 0.179. The van der Waals surface area contributed by atoms with E-state index >= 15 is 0 Å². The maximum absolute atomic E-state index is 12.3. The Kier molecular flexibility index (Phi) is 6.56. The zero-order valence-corrected chi connectivity index (χ0v) is 11.4. The molecule has 0 aromatic heterocycles.